The van der Waals surface area contributed by atoms with Crippen LogP contribution in [0.5, 0.6) is 0 Å². The molecule has 1 aromatic carbocycles. The Morgan fingerprint density at radius 3 is 2.61 bits per heavy atom. The lowest BCUT2D eigenvalue weighted by molar-refractivity contribution is 0.462. The molecule has 0 spiro atoms. The molecule has 0 unspecified atom stereocenters. The van der Waals surface area contributed by atoms with Gasteiger partial charge in [0.1, 0.15) is 11.3 Å². The molecule has 0 radical (unpaired) electrons. The summed E-state index contributed by atoms with van der Waals surface area (Å²) in [6.07, 6.45) is 7.43. The van der Waals surface area contributed by atoms with E-state index in [1.807, 2.05) is 32.5 Å². The Hall–Kier alpha value is -2.21. The van der Waals surface area contributed by atoms with Crippen molar-refractivity contribution in [1.29, 1.82) is 0 Å². The van der Waals surface area contributed by atoms with Gasteiger partial charge in [0.05, 0.1) is 11.2 Å². The van der Waals surface area contributed by atoms with E-state index in [2.05, 4.69) is 35.3 Å². The van der Waals surface area contributed by atoms with Crippen LogP contribution in [-0.4, -0.2) is 20.4 Å². The van der Waals surface area contributed by atoms with E-state index in [0.29, 0.717) is 5.41 Å². The second-order valence-electron chi connectivity index (χ2n) is 8.30. The summed E-state index contributed by atoms with van der Waals surface area (Å²) in [6.45, 7) is 7.42. The summed E-state index contributed by atoms with van der Waals surface area (Å²) in [5.74, 6) is 1.14. The number of nitrogens with zero attached hydrogens (tertiary/aromatic N) is 3. The van der Waals surface area contributed by atoms with Gasteiger partial charge >= 0.3 is 0 Å². The summed E-state index contributed by atoms with van der Waals surface area (Å²) in [5, 5.41) is 0. The van der Waals surface area contributed by atoms with Crippen molar-refractivity contribution in [1.82, 2.24) is 14.1 Å². The Morgan fingerprint density at radius 1 is 1.25 bits per heavy atom. The molecule has 4 rings (SSSR count). The molecule has 5 nitrogen and oxygen atoms in total. The lowest BCUT2D eigenvalue weighted by Crippen LogP contribution is -2.18. The molecule has 1 N–H and O–H groups in total. The number of aromatic nitrogens is 3. The molecule has 2 aromatic heterocycles. The van der Waals surface area contributed by atoms with Gasteiger partial charge in [-0.2, -0.15) is 0 Å². The number of nitrogens with one attached hydrogen (secondary N) is 1. The largest absolute Gasteiger partial charge is 0.328 e. The summed E-state index contributed by atoms with van der Waals surface area (Å²) in [7, 11) is 1.81. The van der Waals surface area contributed by atoms with Crippen molar-refractivity contribution in [3.63, 3.8) is 0 Å². The van der Waals surface area contributed by atoms with E-state index in [4.69, 9.17) is 4.98 Å². The van der Waals surface area contributed by atoms with Crippen LogP contribution in [-0.2, 0) is 20.0 Å². The maximum atomic E-state index is 12.1. The third-order valence-corrected chi connectivity index (χ3v) is 6.22. The molecule has 3 aromatic rings. The van der Waals surface area contributed by atoms with Gasteiger partial charge < -0.3 is 13.9 Å². The van der Waals surface area contributed by atoms with Gasteiger partial charge in [-0.3, -0.25) is 4.79 Å². The Kier molecular flexibility index (Phi) is 4.78. The van der Waals surface area contributed by atoms with Gasteiger partial charge in [-0.15, -0.1) is 0 Å². The third-order valence-electron chi connectivity index (χ3n) is 5.80. The van der Waals surface area contributed by atoms with Crippen LogP contribution in [0.25, 0.3) is 22.2 Å². The minimum atomic E-state index is 0.0484. The van der Waals surface area contributed by atoms with Gasteiger partial charge in [-0.25, -0.2) is 4.98 Å². The zero-order valence-corrected chi connectivity index (χ0v) is 18.1. The number of hydrogen-bond donors (Lipinski definition) is 1. The highest BCUT2D eigenvalue weighted by atomic mass is 32.2. The first kappa shape index (κ1) is 19.1. The first-order chi connectivity index (χ1) is 13.3. The van der Waals surface area contributed by atoms with E-state index in [9.17, 15) is 4.79 Å². The topological polar surface area (TPSA) is 51.9 Å². The van der Waals surface area contributed by atoms with Gasteiger partial charge in [0.2, 0.25) is 0 Å². The van der Waals surface area contributed by atoms with Crippen LogP contribution in [0.1, 0.15) is 38.1 Å². The van der Waals surface area contributed by atoms with Crippen molar-refractivity contribution >= 4 is 28.7 Å². The summed E-state index contributed by atoms with van der Waals surface area (Å²) < 4.78 is 7.49. The number of hydrogen-bond acceptors (Lipinski definition) is 4. The van der Waals surface area contributed by atoms with Gasteiger partial charge in [-0.1, -0.05) is 25.8 Å². The Bertz CT molecular complexity index is 1080. The second kappa shape index (κ2) is 6.99. The van der Waals surface area contributed by atoms with E-state index in [0.717, 1.165) is 46.7 Å². The van der Waals surface area contributed by atoms with Crippen LogP contribution in [0.3, 0.4) is 0 Å². The van der Waals surface area contributed by atoms with Crippen molar-refractivity contribution in [3.8, 4) is 11.1 Å². The maximum absolute atomic E-state index is 12.1. The molecular formula is C22H28N4OS. The van der Waals surface area contributed by atoms with Gasteiger partial charge in [0.25, 0.3) is 5.56 Å². The molecule has 0 bridgehead atoms. The molecule has 1 saturated carbocycles. The molecule has 148 valence electrons. The zero-order valence-electron chi connectivity index (χ0n) is 17.3. The normalized spacial score (nSPS) is 15.2. The average Bonchev–Trinajstić information content (AvgIpc) is 3.29. The smallest absolute Gasteiger partial charge is 0.253 e. The molecule has 0 aliphatic heterocycles. The summed E-state index contributed by atoms with van der Waals surface area (Å²) in [6, 6.07) is 6.36. The van der Waals surface area contributed by atoms with Gasteiger partial charge in [-0.05, 0) is 54.5 Å². The number of pyridine rings is 1. The number of benzene rings is 1. The molecule has 1 fully saturated rings. The van der Waals surface area contributed by atoms with Crippen LogP contribution in [0.2, 0.25) is 0 Å². The number of fused-ring (bicyclic) bond motifs is 1. The molecule has 2 heterocycles. The van der Waals surface area contributed by atoms with E-state index in [-0.39, 0.29) is 5.56 Å². The van der Waals surface area contributed by atoms with Crippen molar-refractivity contribution in [3.05, 3.63) is 46.1 Å². The SMILES string of the molecule is CCc1nc2c(NSC)cc(-c3cc(C)c(=O)n(C)c3)cc2n1CC1(C)CC1. The number of anilines is 1. The van der Waals surface area contributed by atoms with Crippen LogP contribution in [0.15, 0.2) is 29.2 Å². The third kappa shape index (κ3) is 3.34. The highest BCUT2D eigenvalue weighted by Gasteiger charge is 2.38. The summed E-state index contributed by atoms with van der Waals surface area (Å²) in [5.41, 5.74) is 6.59. The first-order valence-corrected chi connectivity index (χ1v) is 11.1. The fourth-order valence-corrected chi connectivity index (χ4v) is 4.24. The van der Waals surface area contributed by atoms with Crippen molar-refractivity contribution < 1.29 is 0 Å². The highest BCUT2D eigenvalue weighted by Crippen LogP contribution is 2.47. The highest BCUT2D eigenvalue weighted by molar-refractivity contribution is 7.99. The fourth-order valence-electron chi connectivity index (χ4n) is 3.86. The Labute approximate surface area is 170 Å². The van der Waals surface area contributed by atoms with E-state index < -0.39 is 0 Å². The number of aryl methyl sites for hydroxylation is 3. The van der Waals surface area contributed by atoms with E-state index in [1.54, 1.807) is 16.5 Å². The molecule has 28 heavy (non-hydrogen) atoms. The molecule has 1 aliphatic rings. The van der Waals surface area contributed by atoms with Crippen molar-refractivity contribution in [2.45, 2.75) is 46.6 Å². The Balaban J connectivity index is 1.95. The van der Waals surface area contributed by atoms with Crippen LogP contribution >= 0.6 is 11.9 Å². The Morgan fingerprint density at radius 2 is 2.00 bits per heavy atom. The number of rotatable bonds is 6. The van der Waals surface area contributed by atoms with Crippen molar-refractivity contribution in [2.24, 2.45) is 12.5 Å². The predicted octanol–water partition coefficient (Wildman–Crippen LogP) is 4.76. The van der Waals surface area contributed by atoms with Crippen LogP contribution < -0.4 is 10.3 Å². The lowest BCUT2D eigenvalue weighted by Gasteiger charge is -2.15. The molecule has 6 heteroatoms. The number of imidazole rings is 1. The first-order valence-electron chi connectivity index (χ1n) is 9.85. The quantitative estimate of drug-likeness (QED) is 0.610. The predicted molar refractivity (Wildman–Crippen MR) is 119 cm³/mol. The summed E-state index contributed by atoms with van der Waals surface area (Å²) in [4.78, 5) is 17.1. The molecule has 0 atom stereocenters. The lowest BCUT2D eigenvalue weighted by atomic mass is 10.0. The maximum Gasteiger partial charge on any atom is 0.253 e. The zero-order chi connectivity index (χ0) is 20.1. The molecule has 0 amide bonds. The van der Waals surface area contributed by atoms with E-state index >= 15 is 0 Å². The monoisotopic (exact) mass is 396 g/mol. The molecule has 0 saturated heterocycles. The minimum absolute atomic E-state index is 0.0484. The van der Waals surface area contributed by atoms with E-state index in [1.165, 1.54) is 18.4 Å². The standard InChI is InChI=1S/C22H28N4OS/c1-6-19-23-20-17(24-28-5)10-15(16-9-14(2)21(27)25(4)12-16)11-18(20)26(19)13-22(3)7-8-22/h9-12,24H,6-8,13H2,1-5H3. The molecule has 1 aliphatic carbocycles. The molecular weight excluding hydrogens is 368 g/mol. The average molecular weight is 397 g/mol. The fraction of sp³-hybridized carbons (Fsp3) is 0.455. The van der Waals surface area contributed by atoms with Gasteiger partial charge in [0, 0.05) is 38.0 Å². The second-order valence-corrected chi connectivity index (χ2v) is 8.92. The van der Waals surface area contributed by atoms with Gasteiger partial charge in [0.15, 0.2) is 0 Å². The van der Waals surface area contributed by atoms with Crippen molar-refractivity contribution in [2.75, 3.05) is 11.0 Å². The summed E-state index contributed by atoms with van der Waals surface area (Å²) >= 11 is 1.58. The minimum Gasteiger partial charge on any atom is -0.328 e. The van der Waals surface area contributed by atoms with Crippen LogP contribution in [0.4, 0.5) is 5.69 Å². The van der Waals surface area contributed by atoms with Crippen LogP contribution in [0, 0.1) is 12.3 Å².